The second kappa shape index (κ2) is 8.79. The van der Waals surface area contributed by atoms with Gasteiger partial charge >= 0.3 is 18.0 Å². The molecule has 2 atom stereocenters. The van der Waals surface area contributed by atoms with Gasteiger partial charge in [-0.25, -0.2) is 9.59 Å². The van der Waals surface area contributed by atoms with Gasteiger partial charge in [-0.1, -0.05) is 32.6 Å². The van der Waals surface area contributed by atoms with Gasteiger partial charge < -0.3 is 15.4 Å². The average Bonchev–Trinajstić information content (AvgIpc) is 3.25. The van der Waals surface area contributed by atoms with E-state index >= 15 is 0 Å². The van der Waals surface area contributed by atoms with E-state index in [1.165, 1.54) is 0 Å². The first-order valence-corrected chi connectivity index (χ1v) is 10.2. The van der Waals surface area contributed by atoms with Crippen LogP contribution in [-0.4, -0.2) is 59.5 Å². The van der Waals surface area contributed by atoms with Crippen LogP contribution in [0.5, 0.6) is 0 Å². The molecule has 2 saturated carbocycles. The van der Waals surface area contributed by atoms with Gasteiger partial charge in [0.05, 0.1) is 0 Å². The molecule has 3 aliphatic rings. The Kier molecular flexibility index (Phi) is 6.39. The summed E-state index contributed by atoms with van der Waals surface area (Å²) in [5.41, 5.74) is -0.953. The molecule has 0 aromatic rings. The third kappa shape index (κ3) is 4.68. The summed E-state index contributed by atoms with van der Waals surface area (Å²) in [5, 5.41) is 7.53. The van der Waals surface area contributed by atoms with E-state index in [-0.39, 0.29) is 12.0 Å². The Labute approximate surface area is 169 Å². The minimum absolute atomic E-state index is 0.0159. The minimum Gasteiger partial charge on any atom is -0.454 e. The lowest BCUT2D eigenvalue weighted by atomic mass is 9.73. The van der Waals surface area contributed by atoms with Gasteiger partial charge in [0.25, 0.3) is 11.8 Å². The monoisotopic (exact) mass is 408 g/mol. The topological polar surface area (TPSA) is 134 Å². The standard InChI is InChI=1S/C19H28N4O6/c1-12-6-4-5-9-19(12)16(26)23(18(28)22-19)10-15(25)29-11-14(24)21-17(27)20-13-7-2-3-8-13/h12-13H,2-11H2,1H3,(H,22,28)(H2,20,21,24,27)/t12-,19-/m1/s1. The van der Waals surface area contributed by atoms with E-state index in [4.69, 9.17) is 4.74 Å². The summed E-state index contributed by atoms with van der Waals surface area (Å²) in [4.78, 5) is 61.4. The fraction of sp³-hybridized carbons (Fsp3) is 0.737. The summed E-state index contributed by atoms with van der Waals surface area (Å²) in [6, 6.07) is -1.19. The van der Waals surface area contributed by atoms with E-state index in [1.54, 1.807) is 0 Å². The molecule has 0 bridgehead atoms. The van der Waals surface area contributed by atoms with Crippen molar-refractivity contribution in [2.24, 2.45) is 5.92 Å². The van der Waals surface area contributed by atoms with Crippen LogP contribution in [0.3, 0.4) is 0 Å². The molecule has 29 heavy (non-hydrogen) atoms. The molecule has 2 aliphatic carbocycles. The SMILES string of the molecule is C[C@@H]1CCCC[C@@]12NC(=O)N(CC(=O)OCC(=O)NC(=O)NC1CCCC1)C2=O. The first kappa shape index (κ1) is 21.1. The van der Waals surface area contributed by atoms with Crippen molar-refractivity contribution in [2.45, 2.75) is 69.9 Å². The fourth-order valence-electron chi connectivity index (χ4n) is 4.41. The van der Waals surface area contributed by atoms with Crippen molar-refractivity contribution in [1.29, 1.82) is 0 Å². The highest BCUT2D eigenvalue weighted by molar-refractivity contribution is 6.09. The van der Waals surface area contributed by atoms with Crippen LogP contribution in [0, 0.1) is 5.92 Å². The molecule has 10 heteroatoms. The molecule has 3 N–H and O–H groups in total. The number of hydrogen-bond donors (Lipinski definition) is 3. The predicted octanol–water partition coefficient (Wildman–Crippen LogP) is 0.799. The van der Waals surface area contributed by atoms with Gasteiger partial charge in [-0.05, 0) is 31.6 Å². The zero-order valence-corrected chi connectivity index (χ0v) is 16.6. The maximum Gasteiger partial charge on any atom is 0.326 e. The van der Waals surface area contributed by atoms with Crippen molar-refractivity contribution in [3.8, 4) is 0 Å². The Morgan fingerprint density at radius 2 is 1.83 bits per heavy atom. The van der Waals surface area contributed by atoms with E-state index in [0.29, 0.717) is 6.42 Å². The summed E-state index contributed by atoms with van der Waals surface area (Å²) in [6.45, 7) is 0.683. The van der Waals surface area contributed by atoms with Crippen molar-refractivity contribution in [2.75, 3.05) is 13.2 Å². The summed E-state index contributed by atoms with van der Waals surface area (Å²) in [5.74, 6) is -2.10. The number of nitrogens with zero attached hydrogens (tertiary/aromatic N) is 1. The van der Waals surface area contributed by atoms with Gasteiger partial charge in [-0.3, -0.25) is 24.6 Å². The van der Waals surface area contributed by atoms with Crippen molar-refractivity contribution in [1.82, 2.24) is 20.9 Å². The number of carbonyl (C=O) groups excluding carboxylic acids is 5. The van der Waals surface area contributed by atoms with E-state index in [1.807, 2.05) is 6.92 Å². The molecule has 0 unspecified atom stereocenters. The van der Waals surface area contributed by atoms with Crippen LogP contribution in [-0.2, 0) is 19.1 Å². The van der Waals surface area contributed by atoms with Gasteiger partial charge in [0.15, 0.2) is 6.61 Å². The third-order valence-corrected chi connectivity index (χ3v) is 6.10. The summed E-state index contributed by atoms with van der Waals surface area (Å²) < 4.78 is 4.83. The molecule has 160 valence electrons. The third-order valence-electron chi connectivity index (χ3n) is 6.10. The van der Waals surface area contributed by atoms with Gasteiger partial charge in [-0.15, -0.1) is 0 Å². The Balaban J connectivity index is 1.44. The maximum atomic E-state index is 12.8. The molecule has 1 spiro atoms. The molecule has 0 radical (unpaired) electrons. The van der Waals surface area contributed by atoms with Gasteiger partial charge in [0.1, 0.15) is 12.1 Å². The molecule has 6 amide bonds. The molecule has 10 nitrogen and oxygen atoms in total. The number of imide groups is 2. The highest BCUT2D eigenvalue weighted by Crippen LogP contribution is 2.38. The normalized spacial score (nSPS) is 27.1. The first-order chi connectivity index (χ1) is 13.8. The molecular formula is C19H28N4O6. The Morgan fingerprint density at radius 3 is 2.52 bits per heavy atom. The van der Waals surface area contributed by atoms with E-state index in [0.717, 1.165) is 49.8 Å². The molecule has 0 aromatic carbocycles. The number of ether oxygens (including phenoxy) is 1. The lowest BCUT2D eigenvalue weighted by molar-refractivity contribution is -0.151. The molecule has 1 aliphatic heterocycles. The summed E-state index contributed by atoms with van der Waals surface area (Å²) in [6.07, 6.45) is 7.04. The molecular weight excluding hydrogens is 380 g/mol. The zero-order valence-electron chi connectivity index (χ0n) is 16.6. The van der Waals surface area contributed by atoms with Crippen molar-refractivity contribution in [3.05, 3.63) is 0 Å². The summed E-state index contributed by atoms with van der Waals surface area (Å²) in [7, 11) is 0. The number of carbonyl (C=O) groups is 5. The van der Waals surface area contributed by atoms with Crippen LogP contribution in [0.2, 0.25) is 0 Å². The van der Waals surface area contributed by atoms with Crippen LogP contribution in [0.4, 0.5) is 9.59 Å². The molecule has 1 saturated heterocycles. The molecule has 0 aromatic heterocycles. The van der Waals surface area contributed by atoms with E-state index in [9.17, 15) is 24.0 Å². The predicted molar refractivity (Wildman–Crippen MR) is 100 cm³/mol. The Bertz CT molecular complexity index is 705. The van der Waals surface area contributed by atoms with Crippen LogP contribution in [0.15, 0.2) is 0 Å². The van der Waals surface area contributed by atoms with Crippen LogP contribution in [0.1, 0.15) is 58.3 Å². The van der Waals surface area contributed by atoms with Crippen LogP contribution in [0.25, 0.3) is 0 Å². The van der Waals surface area contributed by atoms with Crippen molar-refractivity contribution < 1.29 is 28.7 Å². The second-order valence-electron chi connectivity index (χ2n) is 8.10. The zero-order chi connectivity index (χ0) is 21.0. The van der Waals surface area contributed by atoms with Gasteiger partial charge in [0, 0.05) is 6.04 Å². The highest BCUT2D eigenvalue weighted by atomic mass is 16.5. The van der Waals surface area contributed by atoms with Crippen LogP contribution >= 0.6 is 0 Å². The summed E-state index contributed by atoms with van der Waals surface area (Å²) >= 11 is 0. The maximum absolute atomic E-state index is 12.8. The van der Waals surface area contributed by atoms with Crippen LogP contribution < -0.4 is 16.0 Å². The fourth-order valence-corrected chi connectivity index (χ4v) is 4.41. The highest BCUT2D eigenvalue weighted by Gasteiger charge is 2.55. The van der Waals surface area contributed by atoms with E-state index in [2.05, 4.69) is 16.0 Å². The number of hydrogen-bond acceptors (Lipinski definition) is 6. The van der Waals surface area contributed by atoms with Gasteiger partial charge in [0.2, 0.25) is 0 Å². The lowest BCUT2D eigenvalue weighted by Gasteiger charge is -2.36. The number of urea groups is 2. The van der Waals surface area contributed by atoms with Crippen molar-refractivity contribution in [3.63, 3.8) is 0 Å². The first-order valence-electron chi connectivity index (χ1n) is 10.2. The Morgan fingerprint density at radius 1 is 1.14 bits per heavy atom. The minimum atomic E-state index is -0.953. The lowest BCUT2D eigenvalue weighted by Crippen LogP contribution is -2.54. The smallest absolute Gasteiger partial charge is 0.326 e. The van der Waals surface area contributed by atoms with Crippen molar-refractivity contribution >= 4 is 29.8 Å². The molecule has 1 heterocycles. The number of rotatable bonds is 5. The molecule has 3 rings (SSSR count). The largest absolute Gasteiger partial charge is 0.454 e. The number of amides is 6. The number of esters is 1. The number of nitrogens with one attached hydrogen (secondary N) is 3. The average molecular weight is 408 g/mol. The Hall–Kier alpha value is -2.65. The van der Waals surface area contributed by atoms with Gasteiger partial charge in [-0.2, -0.15) is 0 Å². The quantitative estimate of drug-likeness (QED) is 0.455. The second-order valence-corrected chi connectivity index (χ2v) is 8.10. The van der Waals surface area contributed by atoms with E-state index < -0.39 is 48.5 Å². The molecule has 3 fully saturated rings.